The minimum Gasteiger partial charge on any atom is -0.484 e. The quantitative estimate of drug-likeness (QED) is 0.712. The maximum absolute atomic E-state index is 11.4. The number of benzene rings is 1. The van der Waals surface area contributed by atoms with Gasteiger partial charge >= 0.3 is 0 Å². The number of rotatable bonds is 5. The van der Waals surface area contributed by atoms with Crippen molar-refractivity contribution in [1.82, 2.24) is 10.1 Å². The zero-order chi connectivity index (χ0) is 15.6. The van der Waals surface area contributed by atoms with Crippen LogP contribution >= 0.6 is 11.3 Å². The summed E-state index contributed by atoms with van der Waals surface area (Å²) in [4.78, 5) is 4.48. The Kier molecular flexibility index (Phi) is 3.95. The predicted octanol–water partition coefficient (Wildman–Crippen LogP) is 2.78. The number of sulfone groups is 1. The third-order valence-electron chi connectivity index (χ3n) is 2.86. The van der Waals surface area contributed by atoms with E-state index in [1.54, 1.807) is 23.5 Å². The SMILES string of the molecule is CS(=O)(=O)c1ccc(OCc2nc(-c3ccsc3)no2)cc1. The topological polar surface area (TPSA) is 82.3 Å². The summed E-state index contributed by atoms with van der Waals surface area (Å²) in [5, 5.41) is 7.74. The van der Waals surface area contributed by atoms with Gasteiger partial charge in [0.2, 0.25) is 5.82 Å². The zero-order valence-electron chi connectivity index (χ0n) is 11.6. The van der Waals surface area contributed by atoms with Crippen molar-refractivity contribution < 1.29 is 17.7 Å². The lowest BCUT2D eigenvalue weighted by molar-refractivity contribution is 0.243. The molecule has 3 rings (SSSR count). The van der Waals surface area contributed by atoms with Crippen molar-refractivity contribution in [2.24, 2.45) is 0 Å². The fourth-order valence-electron chi connectivity index (χ4n) is 1.75. The average Bonchev–Trinajstić information content (AvgIpc) is 3.15. The molecule has 0 saturated heterocycles. The van der Waals surface area contributed by atoms with Crippen molar-refractivity contribution in [3.63, 3.8) is 0 Å². The normalized spacial score (nSPS) is 11.5. The Balaban J connectivity index is 1.65. The monoisotopic (exact) mass is 336 g/mol. The average molecular weight is 336 g/mol. The molecule has 0 radical (unpaired) electrons. The van der Waals surface area contributed by atoms with Crippen LogP contribution in [0.4, 0.5) is 0 Å². The lowest BCUT2D eigenvalue weighted by Crippen LogP contribution is -1.98. The van der Waals surface area contributed by atoms with Crippen molar-refractivity contribution in [3.05, 3.63) is 47.0 Å². The van der Waals surface area contributed by atoms with Crippen LogP contribution in [0, 0.1) is 0 Å². The first-order chi connectivity index (χ1) is 10.5. The van der Waals surface area contributed by atoms with Crippen LogP contribution in [0.25, 0.3) is 11.4 Å². The minimum atomic E-state index is -3.20. The second kappa shape index (κ2) is 5.90. The molecule has 6 nitrogen and oxygen atoms in total. The van der Waals surface area contributed by atoms with Crippen LogP contribution in [0.2, 0.25) is 0 Å². The van der Waals surface area contributed by atoms with E-state index >= 15 is 0 Å². The molecular formula is C14H12N2O4S2. The van der Waals surface area contributed by atoms with Gasteiger partial charge in [-0.15, -0.1) is 0 Å². The van der Waals surface area contributed by atoms with Crippen molar-refractivity contribution in [2.75, 3.05) is 6.26 Å². The highest BCUT2D eigenvalue weighted by molar-refractivity contribution is 7.90. The Morgan fingerprint density at radius 2 is 2.00 bits per heavy atom. The molecule has 0 saturated carbocycles. The minimum absolute atomic E-state index is 0.120. The lowest BCUT2D eigenvalue weighted by atomic mass is 10.3. The molecule has 22 heavy (non-hydrogen) atoms. The van der Waals surface area contributed by atoms with Crippen molar-refractivity contribution in [3.8, 4) is 17.1 Å². The Hall–Kier alpha value is -2.19. The molecule has 8 heteroatoms. The van der Waals surface area contributed by atoms with Gasteiger partial charge in [-0.1, -0.05) is 5.16 Å². The van der Waals surface area contributed by atoms with Gasteiger partial charge in [-0.3, -0.25) is 0 Å². The van der Waals surface area contributed by atoms with E-state index < -0.39 is 9.84 Å². The van der Waals surface area contributed by atoms with Crippen molar-refractivity contribution in [1.29, 1.82) is 0 Å². The molecule has 0 atom stereocenters. The number of thiophene rings is 1. The van der Waals surface area contributed by atoms with E-state index in [-0.39, 0.29) is 11.5 Å². The highest BCUT2D eigenvalue weighted by Crippen LogP contribution is 2.20. The molecule has 0 amide bonds. The summed E-state index contributed by atoms with van der Waals surface area (Å²) in [7, 11) is -3.20. The first kappa shape index (κ1) is 14.7. The number of hydrogen-bond donors (Lipinski definition) is 0. The molecule has 114 valence electrons. The van der Waals surface area contributed by atoms with Crippen LogP contribution < -0.4 is 4.74 Å². The van der Waals surface area contributed by atoms with Gasteiger partial charge in [-0.05, 0) is 35.7 Å². The molecule has 2 aromatic heterocycles. The summed E-state index contributed by atoms with van der Waals surface area (Å²) in [6, 6.07) is 8.08. The lowest BCUT2D eigenvalue weighted by Gasteiger charge is -2.03. The summed E-state index contributed by atoms with van der Waals surface area (Å²) in [6.45, 7) is 0.120. The van der Waals surface area contributed by atoms with Gasteiger partial charge in [-0.25, -0.2) is 8.42 Å². The van der Waals surface area contributed by atoms with E-state index in [0.717, 1.165) is 11.8 Å². The highest BCUT2D eigenvalue weighted by atomic mass is 32.2. The van der Waals surface area contributed by atoms with E-state index in [0.29, 0.717) is 17.5 Å². The van der Waals surface area contributed by atoms with Gasteiger partial charge < -0.3 is 9.26 Å². The standard InChI is InChI=1S/C14H12N2O4S2/c1-22(17,18)12-4-2-11(3-5-12)19-8-13-15-14(16-20-13)10-6-7-21-9-10/h2-7,9H,8H2,1H3. The van der Waals surface area contributed by atoms with Gasteiger partial charge in [0.15, 0.2) is 16.4 Å². The molecule has 0 aliphatic rings. The van der Waals surface area contributed by atoms with Crippen LogP contribution in [-0.4, -0.2) is 24.8 Å². The largest absolute Gasteiger partial charge is 0.484 e. The molecule has 1 aromatic carbocycles. The van der Waals surface area contributed by atoms with Gasteiger partial charge in [0.25, 0.3) is 5.89 Å². The van der Waals surface area contributed by atoms with E-state index in [1.807, 2.05) is 16.8 Å². The van der Waals surface area contributed by atoms with Gasteiger partial charge in [0.05, 0.1) is 4.90 Å². The van der Waals surface area contributed by atoms with Gasteiger partial charge in [0, 0.05) is 17.2 Å². The first-order valence-electron chi connectivity index (χ1n) is 6.30. The summed E-state index contributed by atoms with van der Waals surface area (Å²) >= 11 is 1.56. The van der Waals surface area contributed by atoms with Crippen molar-refractivity contribution >= 4 is 21.2 Å². The van der Waals surface area contributed by atoms with E-state index in [1.165, 1.54) is 12.1 Å². The van der Waals surface area contributed by atoms with Crippen LogP contribution in [-0.2, 0) is 16.4 Å². The molecule has 0 aliphatic heterocycles. The smallest absolute Gasteiger partial charge is 0.264 e. The predicted molar refractivity (Wildman–Crippen MR) is 81.5 cm³/mol. The van der Waals surface area contributed by atoms with Crippen LogP contribution in [0.3, 0.4) is 0 Å². The molecule has 0 bridgehead atoms. The Bertz CT molecular complexity index is 853. The second-order valence-corrected chi connectivity index (χ2v) is 7.35. The third kappa shape index (κ3) is 3.34. The summed E-state index contributed by atoms with van der Waals surface area (Å²) in [5.74, 6) is 1.41. The molecule has 3 aromatic rings. The first-order valence-corrected chi connectivity index (χ1v) is 9.14. The highest BCUT2D eigenvalue weighted by Gasteiger charge is 2.10. The van der Waals surface area contributed by atoms with E-state index in [2.05, 4.69) is 10.1 Å². The fraction of sp³-hybridized carbons (Fsp3) is 0.143. The summed E-state index contributed by atoms with van der Waals surface area (Å²) < 4.78 is 33.3. The van der Waals surface area contributed by atoms with Crippen molar-refractivity contribution in [2.45, 2.75) is 11.5 Å². The summed E-state index contributed by atoms with van der Waals surface area (Å²) in [6.07, 6.45) is 1.16. The maximum atomic E-state index is 11.4. The second-order valence-electron chi connectivity index (χ2n) is 4.56. The van der Waals surface area contributed by atoms with Crippen LogP contribution in [0.15, 0.2) is 50.5 Å². The fourth-order valence-corrected chi connectivity index (χ4v) is 3.02. The van der Waals surface area contributed by atoms with E-state index in [9.17, 15) is 8.42 Å². The molecule has 0 N–H and O–H groups in total. The molecule has 0 spiro atoms. The third-order valence-corrected chi connectivity index (χ3v) is 4.67. The Morgan fingerprint density at radius 3 is 2.64 bits per heavy atom. The molecule has 0 unspecified atom stereocenters. The Morgan fingerprint density at radius 1 is 1.23 bits per heavy atom. The van der Waals surface area contributed by atoms with Gasteiger partial charge in [-0.2, -0.15) is 16.3 Å². The van der Waals surface area contributed by atoms with Crippen LogP contribution in [0.5, 0.6) is 5.75 Å². The van der Waals surface area contributed by atoms with Gasteiger partial charge in [0.1, 0.15) is 5.75 Å². The molecule has 0 fully saturated rings. The Labute approximate surface area is 131 Å². The number of aromatic nitrogens is 2. The number of ether oxygens (including phenoxy) is 1. The molecule has 0 aliphatic carbocycles. The van der Waals surface area contributed by atoms with E-state index in [4.69, 9.17) is 9.26 Å². The number of hydrogen-bond acceptors (Lipinski definition) is 7. The maximum Gasteiger partial charge on any atom is 0.264 e. The van der Waals surface area contributed by atoms with Crippen LogP contribution in [0.1, 0.15) is 5.89 Å². The summed E-state index contributed by atoms with van der Waals surface area (Å²) in [5.41, 5.74) is 0.900. The zero-order valence-corrected chi connectivity index (χ0v) is 13.2. The molecular weight excluding hydrogens is 324 g/mol. The molecule has 2 heterocycles. The number of nitrogens with zero attached hydrogens (tertiary/aromatic N) is 2.